The number of carbonyl (C=O) groups is 3. The van der Waals surface area contributed by atoms with Crippen molar-refractivity contribution in [3.63, 3.8) is 0 Å². The van der Waals surface area contributed by atoms with E-state index in [-0.39, 0.29) is 55.7 Å². The molecule has 11 heteroatoms. The molecule has 1 saturated heterocycles. The summed E-state index contributed by atoms with van der Waals surface area (Å²) in [7, 11) is 2.69. The zero-order valence-corrected chi connectivity index (χ0v) is 22.9. The van der Waals surface area contributed by atoms with Gasteiger partial charge in [-0.25, -0.2) is 4.79 Å². The van der Waals surface area contributed by atoms with Crippen molar-refractivity contribution in [1.29, 1.82) is 0 Å². The van der Waals surface area contributed by atoms with E-state index in [4.69, 9.17) is 37.4 Å². The van der Waals surface area contributed by atoms with Crippen molar-refractivity contribution in [3.8, 4) is 11.5 Å². The molecular weight excluding hydrogens is 547 g/mol. The van der Waals surface area contributed by atoms with Crippen molar-refractivity contribution >= 4 is 52.3 Å². The number of pyridine rings is 1. The molecule has 4 rings (SSSR count). The van der Waals surface area contributed by atoms with Gasteiger partial charge in [-0.1, -0.05) is 35.3 Å². The van der Waals surface area contributed by atoms with Crippen LogP contribution < -0.4 is 14.4 Å². The number of ether oxygens (including phenoxy) is 3. The summed E-state index contributed by atoms with van der Waals surface area (Å²) >= 11 is 12.7. The van der Waals surface area contributed by atoms with Gasteiger partial charge in [0.15, 0.2) is 11.5 Å². The molecule has 9 nitrogen and oxygen atoms in total. The number of aliphatic hydroxyl groups excluding tert-OH is 1. The van der Waals surface area contributed by atoms with E-state index < -0.39 is 29.5 Å². The second-order valence-corrected chi connectivity index (χ2v) is 9.50. The van der Waals surface area contributed by atoms with Gasteiger partial charge in [0.1, 0.15) is 16.8 Å². The van der Waals surface area contributed by atoms with Gasteiger partial charge in [0.25, 0.3) is 11.7 Å². The average Bonchev–Trinajstić information content (AvgIpc) is 3.18. The van der Waals surface area contributed by atoms with Gasteiger partial charge in [-0.2, -0.15) is 0 Å². The number of amides is 1. The average molecular weight is 571 g/mol. The lowest BCUT2D eigenvalue weighted by Crippen LogP contribution is -2.30. The van der Waals surface area contributed by atoms with Gasteiger partial charge in [0.2, 0.25) is 0 Å². The van der Waals surface area contributed by atoms with E-state index in [9.17, 15) is 19.5 Å². The molecule has 2 heterocycles. The molecule has 0 saturated carbocycles. The molecule has 2 aromatic carbocycles. The van der Waals surface area contributed by atoms with E-state index >= 15 is 0 Å². The topological polar surface area (TPSA) is 115 Å². The molecule has 1 aromatic heterocycles. The number of esters is 1. The molecule has 0 bridgehead atoms. The smallest absolute Gasteiger partial charge is 0.338 e. The summed E-state index contributed by atoms with van der Waals surface area (Å²) in [5.41, 5.74) is 0.394. The molecule has 1 unspecified atom stereocenters. The molecule has 0 spiro atoms. The molecule has 1 atom stereocenters. The van der Waals surface area contributed by atoms with Crippen molar-refractivity contribution in [2.24, 2.45) is 0 Å². The number of aliphatic hydroxyl groups is 1. The predicted molar refractivity (Wildman–Crippen MR) is 146 cm³/mol. The van der Waals surface area contributed by atoms with E-state index in [1.807, 2.05) is 0 Å². The molecule has 202 valence electrons. The Morgan fingerprint density at radius 2 is 1.74 bits per heavy atom. The van der Waals surface area contributed by atoms with Crippen LogP contribution in [-0.4, -0.2) is 48.1 Å². The predicted octanol–water partition coefficient (Wildman–Crippen LogP) is 5.60. The van der Waals surface area contributed by atoms with Gasteiger partial charge in [-0.3, -0.25) is 19.5 Å². The molecule has 0 radical (unpaired) electrons. The van der Waals surface area contributed by atoms with Crippen LogP contribution in [0.15, 0.2) is 60.3 Å². The molecule has 1 fully saturated rings. The largest absolute Gasteiger partial charge is 0.507 e. The van der Waals surface area contributed by atoms with Crippen LogP contribution >= 0.6 is 23.2 Å². The molecule has 3 aromatic rings. The number of methoxy groups -OCH3 is 2. The minimum atomic E-state index is -1.16. The Morgan fingerprint density at radius 3 is 2.36 bits per heavy atom. The number of nitrogens with zero attached hydrogens (tertiary/aromatic N) is 2. The fourth-order valence-electron chi connectivity index (χ4n) is 4.27. The standard InChI is InChI=1S/C28H24Cl2N2O7/c1-14(2)39-28(36)15-8-7-9-16(12-15)32-22(19-10-5-6-11-31-19)20(24(34)27(32)35)23(33)17-13-18(29)26(38-4)21(30)25(17)37-3/h5-14,22,33H,1-4H3/b23-20+. The number of hydrogen-bond acceptors (Lipinski definition) is 8. The van der Waals surface area contributed by atoms with Crippen molar-refractivity contribution in [1.82, 2.24) is 4.98 Å². The Morgan fingerprint density at radius 1 is 1.03 bits per heavy atom. The maximum Gasteiger partial charge on any atom is 0.338 e. The van der Waals surface area contributed by atoms with E-state index in [2.05, 4.69) is 4.98 Å². The lowest BCUT2D eigenvalue weighted by atomic mass is 9.97. The number of Topliss-reactive ketones (excluding diaryl/α,β-unsaturated/α-hetero) is 1. The quantitative estimate of drug-likeness (QED) is 0.169. The van der Waals surface area contributed by atoms with Crippen LogP contribution in [0, 0.1) is 0 Å². The lowest BCUT2D eigenvalue weighted by molar-refractivity contribution is -0.132. The summed E-state index contributed by atoms with van der Waals surface area (Å²) < 4.78 is 15.9. The molecular formula is C28H24Cl2N2O7. The third-order valence-electron chi connectivity index (χ3n) is 5.91. The third-order valence-corrected chi connectivity index (χ3v) is 6.53. The first kappa shape index (κ1) is 27.9. The first-order chi connectivity index (χ1) is 18.6. The first-order valence-corrected chi connectivity index (χ1v) is 12.5. The van der Waals surface area contributed by atoms with Gasteiger partial charge < -0.3 is 19.3 Å². The summed E-state index contributed by atoms with van der Waals surface area (Å²) in [4.78, 5) is 45.0. The number of carbonyl (C=O) groups excluding carboxylic acids is 3. The van der Waals surface area contributed by atoms with Crippen molar-refractivity contribution < 1.29 is 33.7 Å². The number of benzene rings is 2. The van der Waals surface area contributed by atoms with Crippen LogP contribution in [0.25, 0.3) is 5.76 Å². The van der Waals surface area contributed by atoms with Crippen LogP contribution in [0.1, 0.15) is 41.5 Å². The first-order valence-electron chi connectivity index (χ1n) is 11.7. The van der Waals surface area contributed by atoms with Crippen LogP contribution in [0.5, 0.6) is 11.5 Å². The summed E-state index contributed by atoms with van der Waals surface area (Å²) in [5, 5.41) is 11.5. The maximum absolute atomic E-state index is 13.5. The van der Waals surface area contributed by atoms with Crippen LogP contribution in [-0.2, 0) is 14.3 Å². The number of hydrogen-bond donors (Lipinski definition) is 1. The molecule has 1 aliphatic rings. The monoisotopic (exact) mass is 570 g/mol. The zero-order chi connectivity index (χ0) is 28.4. The highest BCUT2D eigenvalue weighted by atomic mass is 35.5. The highest BCUT2D eigenvalue weighted by Crippen LogP contribution is 2.47. The summed E-state index contributed by atoms with van der Waals surface area (Å²) in [6.45, 7) is 3.43. The fraction of sp³-hybridized carbons (Fsp3) is 0.214. The number of rotatable bonds is 7. The minimum Gasteiger partial charge on any atom is -0.507 e. The Hall–Kier alpha value is -4.08. The van der Waals surface area contributed by atoms with E-state index in [0.717, 1.165) is 0 Å². The molecule has 1 amide bonds. The second-order valence-electron chi connectivity index (χ2n) is 8.71. The molecule has 1 aliphatic heterocycles. The van der Waals surface area contributed by atoms with Gasteiger partial charge in [-0.05, 0) is 50.2 Å². The summed E-state index contributed by atoms with van der Waals surface area (Å²) in [6, 6.07) is 11.2. The number of aromatic nitrogens is 1. The van der Waals surface area contributed by atoms with Gasteiger partial charge in [0, 0.05) is 11.9 Å². The third kappa shape index (κ3) is 5.15. The Labute approximate surface area is 234 Å². The SMILES string of the molecule is COc1c(Cl)cc(/C(O)=C2\C(=O)C(=O)N(c3cccc(C(=O)OC(C)C)c3)C2c2ccccn2)c(OC)c1Cl. The van der Waals surface area contributed by atoms with Crippen LogP contribution in [0.2, 0.25) is 10.0 Å². The van der Waals surface area contributed by atoms with Gasteiger partial charge in [0.05, 0.1) is 47.7 Å². The normalized spacial score (nSPS) is 16.5. The highest BCUT2D eigenvalue weighted by Gasteiger charge is 2.48. The number of ketones is 1. The zero-order valence-electron chi connectivity index (χ0n) is 21.4. The van der Waals surface area contributed by atoms with Crippen molar-refractivity contribution in [2.75, 3.05) is 19.1 Å². The second kappa shape index (κ2) is 11.3. The van der Waals surface area contributed by atoms with Gasteiger partial charge in [-0.15, -0.1) is 0 Å². The minimum absolute atomic E-state index is 0.0141. The van der Waals surface area contributed by atoms with Crippen LogP contribution in [0.4, 0.5) is 5.69 Å². The van der Waals surface area contributed by atoms with E-state index in [0.29, 0.717) is 0 Å². The summed E-state index contributed by atoms with van der Waals surface area (Å²) in [6.07, 6.45) is 1.13. The Kier molecular flexibility index (Phi) is 8.13. The maximum atomic E-state index is 13.5. The van der Waals surface area contributed by atoms with Crippen LogP contribution in [0.3, 0.4) is 0 Å². The van der Waals surface area contributed by atoms with Gasteiger partial charge >= 0.3 is 5.97 Å². The lowest BCUT2D eigenvalue weighted by Gasteiger charge is -2.25. The highest BCUT2D eigenvalue weighted by molar-refractivity contribution is 6.52. The number of anilines is 1. The molecule has 0 aliphatic carbocycles. The Bertz CT molecular complexity index is 1490. The fourth-order valence-corrected chi connectivity index (χ4v) is 4.96. The molecule has 1 N–H and O–H groups in total. The summed E-state index contributed by atoms with van der Waals surface area (Å²) in [5.74, 6) is -3.00. The number of halogens is 2. The Balaban J connectivity index is 1.95. The van der Waals surface area contributed by atoms with Crippen molar-refractivity contribution in [3.05, 3.63) is 87.2 Å². The van der Waals surface area contributed by atoms with E-state index in [1.54, 1.807) is 44.2 Å². The van der Waals surface area contributed by atoms with E-state index in [1.165, 1.54) is 43.5 Å². The molecule has 39 heavy (non-hydrogen) atoms. The van der Waals surface area contributed by atoms with Crippen molar-refractivity contribution in [2.45, 2.75) is 26.0 Å².